The van der Waals surface area contributed by atoms with Gasteiger partial charge in [-0.2, -0.15) is 0 Å². The number of halogens is 1. The van der Waals surface area contributed by atoms with Gasteiger partial charge in [0.2, 0.25) is 0 Å². The molecule has 0 saturated carbocycles. The molecule has 1 rings (SSSR count). The first-order valence-corrected chi connectivity index (χ1v) is 3.57. The quantitative estimate of drug-likeness (QED) is 0.710. The lowest BCUT2D eigenvalue weighted by atomic mass is 10.1. The number of alkyl halides is 1. The van der Waals surface area contributed by atoms with Crippen LogP contribution in [0.1, 0.15) is 10.9 Å². The molecule has 3 nitrogen and oxygen atoms in total. The molecule has 0 spiro atoms. The molecular weight excluding hydrogens is 180 g/mol. The minimum Gasteiger partial charge on any atom is -0.480 e. The number of rotatable bonds is 2. The predicted molar refractivity (Wildman–Crippen MR) is 46.3 cm³/mol. The van der Waals surface area contributed by atoms with Gasteiger partial charge >= 0.3 is 5.97 Å². The van der Waals surface area contributed by atoms with Crippen molar-refractivity contribution in [2.45, 2.75) is 5.38 Å². The maximum atomic E-state index is 10.4. The molecule has 3 N–H and O–H groups in total. The lowest BCUT2D eigenvalue weighted by Crippen LogP contribution is -2.04. The summed E-state index contributed by atoms with van der Waals surface area (Å²) in [4.78, 5) is 10.4. The number of carbonyl (C=O) groups is 1. The Balaban J connectivity index is 0.00000121. The summed E-state index contributed by atoms with van der Waals surface area (Å²) in [7, 11) is 0. The molecule has 12 heavy (non-hydrogen) atoms. The van der Waals surface area contributed by atoms with Crippen LogP contribution in [0.15, 0.2) is 30.3 Å². The molecule has 1 unspecified atom stereocenters. The van der Waals surface area contributed by atoms with E-state index in [0.717, 1.165) is 0 Å². The Morgan fingerprint density at radius 2 is 1.83 bits per heavy atom. The second-order valence-corrected chi connectivity index (χ2v) is 2.55. The summed E-state index contributed by atoms with van der Waals surface area (Å²) in [6, 6.07) is 8.70. The fraction of sp³-hybridized carbons (Fsp3) is 0.125. The van der Waals surface area contributed by atoms with Crippen LogP contribution in [0.4, 0.5) is 0 Å². The summed E-state index contributed by atoms with van der Waals surface area (Å²) in [5, 5.41) is 7.57. The SMILES string of the molecule is O.O=C(O)C(Cl)c1ccccc1. The van der Waals surface area contributed by atoms with Crippen molar-refractivity contribution >= 4 is 17.6 Å². The van der Waals surface area contributed by atoms with Gasteiger partial charge in [0.05, 0.1) is 0 Å². The van der Waals surface area contributed by atoms with Crippen molar-refractivity contribution < 1.29 is 15.4 Å². The average Bonchev–Trinajstić information content (AvgIpc) is 2.05. The number of carboxylic acids is 1. The molecule has 4 heteroatoms. The highest BCUT2D eigenvalue weighted by atomic mass is 35.5. The Bertz CT molecular complexity index is 248. The number of aliphatic carboxylic acids is 1. The molecular formula is C8H9ClO3. The van der Waals surface area contributed by atoms with Gasteiger partial charge in [-0.05, 0) is 5.56 Å². The van der Waals surface area contributed by atoms with Crippen LogP contribution in [0.5, 0.6) is 0 Å². The smallest absolute Gasteiger partial charge is 0.326 e. The minimum atomic E-state index is -1.02. The predicted octanol–water partition coefficient (Wildman–Crippen LogP) is 1.23. The van der Waals surface area contributed by atoms with Gasteiger partial charge in [-0.3, -0.25) is 4.79 Å². The third-order valence-electron chi connectivity index (χ3n) is 1.31. The van der Waals surface area contributed by atoms with Crippen LogP contribution in [0.25, 0.3) is 0 Å². The van der Waals surface area contributed by atoms with E-state index in [0.29, 0.717) is 5.56 Å². The van der Waals surface area contributed by atoms with Crippen molar-refractivity contribution in [3.8, 4) is 0 Å². The molecule has 1 aromatic carbocycles. The van der Waals surface area contributed by atoms with E-state index in [1.807, 2.05) is 6.07 Å². The Morgan fingerprint density at radius 3 is 2.25 bits per heavy atom. The summed E-state index contributed by atoms with van der Waals surface area (Å²) in [6.07, 6.45) is 0. The van der Waals surface area contributed by atoms with Crippen molar-refractivity contribution in [2.75, 3.05) is 0 Å². The zero-order valence-electron chi connectivity index (χ0n) is 6.20. The van der Waals surface area contributed by atoms with E-state index in [1.54, 1.807) is 24.3 Å². The molecule has 1 aromatic rings. The van der Waals surface area contributed by atoms with Crippen molar-refractivity contribution in [3.63, 3.8) is 0 Å². The van der Waals surface area contributed by atoms with E-state index in [1.165, 1.54) is 0 Å². The third kappa shape index (κ3) is 2.53. The fourth-order valence-corrected chi connectivity index (χ4v) is 0.910. The maximum absolute atomic E-state index is 10.4. The molecule has 0 heterocycles. The van der Waals surface area contributed by atoms with Crippen LogP contribution in [-0.4, -0.2) is 16.6 Å². The van der Waals surface area contributed by atoms with Crippen LogP contribution in [0.2, 0.25) is 0 Å². The van der Waals surface area contributed by atoms with Crippen LogP contribution in [0, 0.1) is 0 Å². The average molecular weight is 189 g/mol. The van der Waals surface area contributed by atoms with Gasteiger partial charge in [-0.15, -0.1) is 11.6 Å². The molecule has 0 aliphatic rings. The highest BCUT2D eigenvalue weighted by Crippen LogP contribution is 2.19. The van der Waals surface area contributed by atoms with E-state index in [9.17, 15) is 4.79 Å². The van der Waals surface area contributed by atoms with E-state index in [2.05, 4.69) is 0 Å². The minimum absolute atomic E-state index is 0. The van der Waals surface area contributed by atoms with Crippen molar-refractivity contribution in [2.24, 2.45) is 0 Å². The standard InChI is InChI=1S/C8H7ClO2.H2O/c9-7(8(10)11)6-4-2-1-3-5-6;/h1-5,7H,(H,10,11);1H2. The molecule has 0 fully saturated rings. The highest BCUT2D eigenvalue weighted by molar-refractivity contribution is 6.29. The normalized spacial score (nSPS) is 11.4. The van der Waals surface area contributed by atoms with Crippen molar-refractivity contribution in [1.29, 1.82) is 0 Å². The lowest BCUT2D eigenvalue weighted by molar-refractivity contribution is -0.136. The topological polar surface area (TPSA) is 68.8 Å². The number of hydrogen-bond acceptors (Lipinski definition) is 1. The van der Waals surface area contributed by atoms with Gasteiger partial charge in [-0.1, -0.05) is 30.3 Å². The molecule has 0 amide bonds. The number of hydrogen-bond donors (Lipinski definition) is 1. The summed E-state index contributed by atoms with van der Waals surface area (Å²) in [6.45, 7) is 0. The molecule has 0 aliphatic carbocycles. The van der Waals surface area contributed by atoms with Crippen molar-refractivity contribution in [1.82, 2.24) is 0 Å². The Morgan fingerprint density at radius 1 is 1.33 bits per heavy atom. The van der Waals surface area contributed by atoms with E-state index < -0.39 is 11.3 Å². The second kappa shape index (κ2) is 4.74. The van der Waals surface area contributed by atoms with Gasteiger partial charge in [0, 0.05) is 0 Å². The second-order valence-electron chi connectivity index (χ2n) is 2.11. The first-order valence-electron chi connectivity index (χ1n) is 3.13. The Labute approximate surface area is 74.9 Å². The van der Waals surface area contributed by atoms with Crippen LogP contribution >= 0.6 is 11.6 Å². The van der Waals surface area contributed by atoms with Crippen molar-refractivity contribution in [3.05, 3.63) is 35.9 Å². The zero-order valence-corrected chi connectivity index (χ0v) is 6.95. The molecule has 0 aromatic heterocycles. The highest BCUT2D eigenvalue weighted by Gasteiger charge is 2.14. The van der Waals surface area contributed by atoms with Gasteiger partial charge in [-0.25, -0.2) is 0 Å². The molecule has 66 valence electrons. The third-order valence-corrected chi connectivity index (χ3v) is 1.75. The molecule has 1 atom stereocenters. The summed E-state index contributed by atoms with van der Waals surface area (Å²) in [5.74, 6) is -1.02. The molecule has 0 radical (unpaired) electrons. The zero-order chi connectivity index (χ0) is 8.27. The number of carboxylic acid groups (broad SMARTS) is 1. The van der Waals surface area contributed by atoms with E-state index in [4.69, 9.17) is 16.7 Å². The van der Waals surface area contributed by atoms with E-state index >= 15 is 0 Å². The Kier molecular flexibility index (Phi) is 4.33. The fourth-order valence-electron chi connectivity index (χ4n) is 0.765. The first kappa shape index (κ1) is 10.9. The molecule has 0 bridgehead atoms. The number of benzene rings is 1. The monoisotopic (exact) mass is 188 g/mol. The van der Waals surface area contributed by atoms with Crippen LogP contribution in [-0.2, 0) is 4.79 Å². The lowest BCUT2D eigenvalue weighted by Gasteiger charge is -2.01. The summed E-state index contributed by atoms with van der Waals surface area (Å²) in [5.41, 5.74) is 0.613. The largest absolute Gasteiger partial charge is 0.480 e. The first-order chi connectivity index (χ1) is 5.22. The maximum Gasteiger partial charge on any atom is 0.326 e. The van der Waals surface area contributed by atoms with Gasteiger partial charge < -0.3 is 10.6 Å². The van der Waals surface area contributed by atoms with Gasteiger partial charge in [0.1, 0.15) is 0 Å². The summed E-state index contributed by atoms with van der Waals surface area (Å²) >= 11 is 5.54. The van der Waals surface area contributed by atoms with E-state index in [-0.39, 0.29) is 5.48 Å². The molecule has 0 aliphatic heterocycles. The Hall–Kier alpha value is -1.06. The van der Waals surface area contributed by atoms with Gasteiger partial charge in [0.25, 0.3) is 0 Å². The van der Waals surface area contributed by atoms with Crippen LogP contribution in [0.3, 0.4) is 0 Å². The summed E-state index contributed by atoms with van der Waals surface area (Å²) < 4.78 is 0. The van der Waals surface area contributed by atoms with Crippen LogP contribution < -0.4 is 0 Å². The molecule has 0 saturated heterocycles. The van der Waals surface area contributed by atoms with Gasteiger partial charge in [0.15, 0.2) is 5.38 Å².